The molecule has 15 heavy (non-hydrogen) atoms. The summed E-state index contributed by atoms with van der Waals surface area (Å²) in [7, 11) is 0. The van der Waals surface area contributed by atoms with E-state index in [9.17, 15) is 4.79 Å². The van der Waals surface area contributed by atoms with Crippen LogP contribution < -0.4 is 0 Å². The van der Waals surface area contributed by atoms with Gasteiger partial charge in [-0.3, -0.25) is 9.78 Å². The third-order valence-electron chi connectivity index (χ3n) is 1.74. The average Bonchev–Trinajstić information content (AvgIpc) is 2.16. The van der Waals surface area contributed by atoms with E-state index in [-0.39, 0.29) is 5.75 Å². The van der Waals surface area contributed by atoms with Crippen LogP contribution in [0, 0.1) is 6.92 Å². The fourth-order valence-electron chi connectivity index (χ4n) is 1.20. The fourth-order valence-corrected chi connectivity index (χ4v) is 1.83. The number of aromatic nitrogens is 1. The van der Waals surface area contributed by atoms with Crippen molar-refractivity contribution in [1.29, 1.82) is 0 Å². The lowest BCUT2D eigenvalue weighted by molar-refractivity contribution is -0.133. The van der Waals surface area contributed by atoms with Crippen LogP contribution in [0.1, 0.15) is 17.0 Å². The molecule has 1 aromatic rings. The first-order valence-corrected chi connectivity index (χ1v) is 5.67. The Kier molecular flexibility index (Phi) is 4.37. The summed E-state index contributed by atoms with van der Waals surface area (Å²) in [6.07, 6.45) is 1.76. The summed E-state index contributed by atoms with van der Waals surface area (Å²) < 4.78 is 0. The van der Waals surface area contributed by atoms with Crippen LogP contribution in [0.2, 0.25) is 0 Å². The van der Waals surface area contributed by atoms with E-state index in [4.69, 9.17) is 5.11 Å². The number of hydrogen-bond donors (Lipinski definition) is 1. The highest BCUT2D eigenvalue weighted by molar-refractivity contribution is 7.99. The fraction of sp³-hybridized carbons (Fsp3) is 0.273. The largest absolute Gasteiger partial charge is 0.481 e. The lowest BCUT2D eigenvalue weighted by Gasteiger charge is -2.03. The smallest absolute Gasteiger partial charge is 0.313 e. The van der Waals surface area contributed by atoms with Gasteiger partial charge < -0.3 is 5.11 Å². The van der Waals surface area contributed by atoms with E-state index in [1.165, 1.54) is 11.8 Å². The van der Waals surface area contributed by atoms with Crippen LogP contribution in [-0.2, 0) is 10.5 Å². The van der Waals surface area contributed by atoms with Gasteiger partial charge in [-0.25, -0.2) is 0 Å². The van der Waals surface area contributed by atoms with E-state index in [2.05, 4.69) is 11.6 Å². The molecule has 0 spiro atoms. The second-order valence-electron chi connectivity index (χ2n) is 3.12. The van der Waals surface area contributed by atoms with Gasteiger partial charge in [-0.15, -0.1) is 11.8 Å². The highest BCUT2D eigenvalue weighted by Crippen LogP contribution is 2.13. The monoisotopic (exact) mass is 223 g/mol. The van der Waals surface area contributed by atoms with Crippen molar-refractivity contribution in [3.05, 3.63) is 35.7 Å². The van der Waals surface area contributed by atoms with Crippen LogP contribution in [-0.4, -0.2) is 21.8 Å². The molecular formula is C11H13NO2S. The Morgan fingerprint density at radius 2 is 2.40 bits per heavy atom. The zero-order chi connectivity index (χ0) is 11.3. The molecule has 1 heterocycles. The number of carboxylic acid groups (broad SMARTS) is 1. The molecule has 0 amide bonds. The molecule has 1 N–H and O–H groups in total. The molecule has 0 saturated carbocycles. The van der Waals surface area contributed by atoms with Crippen LogP contribution in [0.4, 0.5) is 0 Å². The molecule has 1 aromatic heterocycles. The first-order chi connectivity index (χ1) is 7.11. The zero-order valence-corrected chi connectivity index (χ0v) is 9.38. The van der Waals surface area contributed by atoms with Crippen LogP contribution in [0.3, 0.4) is 0 Å². The topological polar surface area (TPSA) is 50.2 Å². The summed E-state index contributed by atoms with van der Waals surface area (Å²) >= 11 is 1.35. The van der Waals surface area contributed by atoms with Crippen molar-refractivity contribution in [3.8, 4) is 0 Å². The molecule has 0 aliphatic carbocycles. The molecule has 0 bridgehead atoms. The van der Waals surface area contributed by atoms with Crippen LogP contribution in [0.15, 0.2) is 18.7 Å². The van der Waals surface area contributed by atoms with Crippen LogP contribution in [0.5, 0.6) is 0 Å². The summed E-state index contributed by atoms with van der Waals surface area (Å²) in [6, 6.07) is 3.87. The third-order valence-corrected chi connectivity index (χ3v) is 2.69. The first kappa shape index (κ1) is 11.8. The molecule has 0 unspecified atom stereocenters. The van der Waals surface area contributed by atoms with E-state index in [1.54, 1.807) is 6.08 Å². The molecule has 3 nitrogen and oxygen atoms in total. The minimum Gasteiger partial charge on any atom is -0.481 e. The number of pyridine rings is 1. The van der Waals surface area contributed by atoms with Crippen molar-refractivity contribution in [1.82, 2.24) is 4.98 Å². The zero-order valence-electron chi connectivity index (χ0n) is 8.56. The lowest BCUT2D eigenvalue weighted by Crippen LogP contribution is -1.99. The van der Waals surface area contributed by atoms with Gasteiger partial charge in [0.25, 0.3) is 0 Å². The van der Waals surface area contributed by atoms with Crippen molar-refractivity contribution in [2.24, 2.45) is 0 Å². The molecule has 0 atom stereocenters. The molecule has 0 aromatic carbocycles. The minimum absolute atomic E-state index is 0.110. The minimum atomic E-state index is -0.795. The van der Waals surface area contributed by atoms with Gasteiger partial charge in [0.05, 0.1) is 11.4 Å². The van der Waals surface area contributed by atoms with E-state index < -0.39 is 5.97 Å². The Morgan fingerprint density at radius 3 is 3.00 bits per heavy atom. The van der Waals surface area contributed by atoms with Gasteiger partial charge in [-0.05, 0) is 24.6 Å². The van der Waals surface area contributed by atoms with Crippen molar-refractivity contribution in [3.63, 3.8) is 0 Å². The number of aryl methyl sites for hydroxylation is 1. The molecule has 0 aliphatic heterocycles. The summed E-state index contributed by atoms with van der Waals surface area (Å²) in [5.74, 6) is -0.0648. The molecular weight excluding hydrogens is 210 g/mol. The Bertz CT molecular complexity index is 377. The number of aliphatic carboxylic acids is 1. The third kappa shape index (κ3) is 4.16. The number of carbonyl (C=O) groups is 1. The molecule has 1 rings (SSSR count). The van der Waals surface area contributed by atoms with Gasteiger partial charge in [0.15, 0.2) is 0 Å². The van der Waals surface area contributed by atoms with E-state index in [0.717, 1.165) is 17.0 Å². The van der Waals surface area contributed by atoms with Crippen molar-refractivity contribution < 1.29 is 9.90 Å². The number of rotatable bonds is 5. The highest BCUT2D eigenvalue weighted by atomic mass is 32.2. The molecule has 0 fully saturated rings. The Balaban J connectivity index is 2.64. The first-order valence-electron chi connectivity index (χ1n) is 4.51. The van der Waals surface area contributed by atoms with E-state index in [1.807, 2.05) is 19.1 Å². The summed E-state index contributed by atoms with van der Waals surface area (Å²) in [5, 5.41) is 8.49. The SMILES string of the molecule is C=Cc1cc(C)nc(CSCC(=O)O)c1. The summed E-state index contributed by atoms with van der Waals surface area (Å²) in [5.41, 5.74) is 2.85. The van der Waals surface area contributed by atoms with Gasteiger partial charge in [0.2, 0.25) is 0 Å². The van der Waals surface area contributed by atoms with Gasteiger partial charge >= 0.3 is 5.97 Å². The van der Waals surface area contributed by atoms with Gasteiger partial charge in [0, 0.05) is 11.4 Å². The predicted octanol–water partition coefficient (Wildman–Crippen LogP) is 2.35. The van der Waals surface area contributed by atoms with Crippen molar-refractivity contribution in [2.75, 3.05) is 5.75 Å². The maximum atomic E-state index is 10.3. The number of carboxylic acids is 1. The Labute approximate surface area is 93.2 Å². The average molecular weight is 223 g/mol. The summed E-state index contributed by atoms with van der Waals surface area (Å²) in [6.45, 7) is 5.61. The number of hydrogen-bond acceptors (Lipinski definition) is 3. The van der Waals surface area contributed by atoms with Gasteiger partial charge in [-0.1, -0.05) is 12.7 Å². The second kappa shape index (κ2) is 5.56. The standard InChI is InChI=1S/C11H13NO2S/c1-3-9-4-8(2)12-10(5-9)6-15-7-11(13)14/h3-5H,1,6-7H2,2H3,(H,13,14). The Morgan fingerprint density at radius 1 is 1.67 bits per heavy atom. The van der Waals surface area contributed by atoms with Gasteiger partial charge in [0.1, 0.15) is 0 Å². The predicted molar refractivity (Wildman–Crippen MR) is 62.9 cm³/mol. The van der Waals surface area contributed by atoms with Crippen molar-refractivity contribution in [2.45, 2.75) is 12.7 Å². The molecule has 0 radical (unpaired) electrons. The number of nitrogens with zero attached hydrogens (tertiary/aromatic N) is 1. The molecule has 4 heteroatoms. The highest BCUT2D eigenvalue weighted by Gasteiger charge is 2.01. The second-order valence-corrected chi connectivity index (χ2v) is 4.11. The molecule has 0 saturated heterocycles. The number of thioether (sulfide) groups is 1. The van der Waals surface area contributed by atoms with E-state index >= 15 is 0 Å². The van der Waals surface area contributed by atoms with Crippen molar-refractivity contribution >= 4 is 23.8 Å². The normalized spacial score (nSPS) is 9.93. The maximum Gasteiger partial charge on any atom is 0.313 e. The molecule has 80 valence electrons. The summed E-state index contributed by atoms with van der Waals surface area (Å²) in [4.78, 5) is 14.6. The van der Waals surface area contributed by atoms with Crippen LogP contribution in [0.25, 0.3) is 6.08 Å². The quantitative estimate of drug-likeness (QED) is 0.832. The van der Waals surface area contributed by atoms with E-state index in [0.29, 0.717) is 5.75 Å². The molecule has 0 aliphatic rings. The Hall–Kier alpha value is -1.29. The lowest BCUT2D eigenvalue weighted by atomic mass is 10.2. The van der Waals surface area contributed by atoms with Crippen LogP contribution >= 0.6 is 11.8 Å². The van der Waals surface area contributed by atoms with Gasteiger partial charge in [-0.2, -0.15) is 0 Å². The maximum absolute atomic E-state index is 10.3.